The highest BCUT2D eigenvalue weighted by Crippen LogP contribution is 2.18. The first-order valence-corrected chi connectivity index (χ1v) is 24.3. The van der Waals surface area contributed by atoms with E-state index in [-0.39, 0.29) is 31.1 Å². The third kappa shape index (κ3) is 40.4. The summed E-state index contributed by atoms with van der Waals surface area (Å²) >= 11 is 0. The molecule has 0 aliphatic heterocycles. The molecule has 0 aromatic rings. The van der Waals surface area contributed by atoms with Crippen LogP contribution in [0.15, 0.2) is 0 Å². The lowest BCUT2D eigenvalue weighted by Crippen LogP contribution is -2.30. The molecule has 0 saturated carbocycles. The van der Waals surface area contributed by atoms with Crippen LogP contribution in [0.25, 0.3) is 0 Å². The third-order valence-corrected chi connectivity index (χ3v) is 11.7. The van der Waals surface area contributed by atoms with Crippen molar-refractivity contribution in [2.24, 2.45) is 11.8 Å². The van der Waals surface area contributed by atoms with E-state index in [9.17, 15) is 14.4 Å². The second-order valence-corrected chi connectivity index (χ2v) is 17.2. The fourth-order valence-electron chi connectivity index (χ4n) is 7.22. The number of carbonyl (C=O) groups is 3. The first kappa shape index (κ1) is 53.4. The molecule has 0 fully saturated rings. The molecular formula is C49H94O6. The Hall–Kier alpha value is -1.59. The van der Waals surface area contributed by atoms with Gasteiger partial charge in [0, 0.05) is 19.3 Å². The molecule has 0 aromatic heterocycles. The fourth-order valence-corrected chi connectivity index (χ4v) is 7.22. The average molecular weight is 779 g/mol. The molecule has 0 amide bonds. The van der Waals surface area contributed by atoms with Gasteiger partial charge in [0.2, 0.25) is 0 Å². The Labute approximate surface area is 342 Å². The van der Waals surface area contributed by atoms with Crippen molar-refractivity contribution in [1.82, 2.24) is 0 Å². The Morgan fingerprint density at radius 1 is 0.364 bits per heavy atom. The van der Waals surface area contributed by atoms with Gasteiger partial charge in [-0.3, -0.25) is 14.4 Å². The van der Waals surface area contributed by atoms with Gasteiger partial charge in [0.1, 0.15) is 13.2 Å². The molecule has 0 bridgehead atoms. The van der Waals surface area contributed by atoms with Gasteiger partial charge in [-0.15, -0.1) is 0 Å². The third-order valence-electron chi connectivity index (χ3n) is 11.7. The fraction of sp³-hybridized carbons (Fsp3) is 0.939. The number of carbonyl (C=O) groups excluding carboxylic acids is 3. The summed E-state index contributed by atoms with van der Waals surface area (Å²) in [5.41, 5.74) is 0. The van der Waals surface area contributed by atoms with E-state index in [0.717, 1.165) is 69.6 Å². The van der Waals surface area contributed by atoms with E-state index >= 15 is 0 Å². The van der Waals surface area contributed by atoms with Gasteiger partial charge in [0.25, 0.3) is 0 Å². The van der Waals surface area contributed by atoms with Crippen LogP contribution < -0.4 is 0 Å². The molecule has 2 unspecified atom stereocenters. The summed E-state index contributed by atoms with van der Waals surface area (Å²) in [5.74, 6) is 0.847. The zero-order valence-electron chi connectivity index (χ0n) is 37.6. The molecule has 0 spiro atoms. The van der Waals surface area contributed by atoms with Crippen LogP contribution in [-0.2, 0) is 28.6 Å². The van der Waals surface area contributed by atoms with Crippen LogP contribution in [0.5, 0.6) is 0 Å². The molecule has 0 saturated heterocycles. The minimum absolute atomic E-state index is 0.0652. The summed E-state index contributed by atoms with van der Waals surface area (Å²) in [7, 11) is 0. The van der Waals surface area contributed by atoms with Crippen LogP contribution in [0.3, 0.4) is 0 Å². The van der Waals surface area contributed by atoms with Gasteiger partial charge in [0.05, 0.1) is 0 Å². The van der Waals surface area contributed by atoms with Crippen LogP contribution in [0.4, 0.5) is 0 Å². The Bertz CT molecular complexity index is 843. The van der Waals surface area contributed by atoms with Crippen LogP contribution in [-0.4, -0.2) is 37.2 Å². The lowest BCUT2D eigenvalue weighted by atomic mass is 9.99. The molecule has 0 N–H and O–H groups in total. The summed E-state index contributed by atoms with van der Waals surface area (Å²) in [4.78, 5) is 37.7. The molecule has 0 rings (SSSR count). The maximum atomic E-state index is 12.7. The maximum Gasteiger partial charge on any atom is 0.306 e. The summed E-state index contributed by atoms with van der Waals surface area (Å²) < 4.78 is 16.7. The monoisotopic (exact) mass is 779 g/mol. The van der Waals surface area contributed by atoms with Crippen molar-refractivity contribution in [2.75, 3.05) is 13.2 Å². The summed E-state index contributed by atoms with van der Waals surface area (Å²) in [6.07, 6.45) is 40.9. The predicted octanol–water partition coefficient (Wildman–Crippen LogP) is 15.4. The molecule has 55 heavy (non-hydrogen) atoms. The Balaban J connectivity index is 4.23. The largest absolute Gasteiger partial charge is 0.462 e. The van der Waals surface area contributed by atoms with E-state index in [1.165, 1.54) is 154 Å². The predicted molar refractivity (Wildman–Crippen MR) is 233 cm³/mol. The van der Waals surface area contributed by atoms with Crippen LogP contribution in [0.2, 0.25) is 0 Å². The maximum absolute atomic E-state index is 12.7. The molecule has 326 valence electrons. The summed E-state index contributed by atoms with van der Waals surface area (Å²) in [6.45, 7) is 11.4. The first-order valence-electron chi connectivity index (χ1n) is 24.3. The topological polar surface area (TPSA) is 78.9 Å². The number of rotatable bonds is 43. The number of unbranched alkanes of at least 4 members (excludes halogenated alkanes) is 26. The van der Waals surface area contributed by atoms with Gasteiger partial charge >= 0.3 is 17.9 Å². The van der Waals surface area contributed by atoms with Crippen molar-refractivity contribution in [2.45, 2.75) is 272 Å². The van der Waals surface area contributed by atoms with Crippen molar-refractivity contribution >= 4 is 17.9 Å². The molecule has 0 aliphatic rings. The second kappa shape index (κ2) is 42.0. The quantitative estimate of drug-likeness (QED) is 0.0348. The SMILES string of the molecule is CCCCCCCCCCCC(=O)OC[C@@H](COC(=O)CCCCCCCCCCCCCCCCC(C)CC)OC(=O)CCCCCCCCC(C)CC. The minimum atomic E-state index is -0.761. The van der Waals surface area contributed by atoms with Gasteiger partial charge in [-0.25, -0.2) is 0 Å². The van der Waals surface area contributed by atoms with Crippen LogP contribution >= 0.6 is 0 Å². The van der Waals surface area contributed by atoms with Gasteiger partial charge in [0.15, 0.2) is 6.10 Å². The zero-order chi connectivity index (χ0) is 40.5. The number of hydrogen-bond acceptors (Lipinski definition) is 6. The molecular weight excluding hydrogens is 685 g/mol. The molecule has 0 aliphatic carbocycles. The highest BCUT2D eigenvalue weighted by molar-refractivity contribution is 5.71. The van der Waals surface area contributed by atoms with Crippen molar-refractivity contribution in [3.63, 3.8) is 0 Å². The first-order chi connectivity index (χ1) is 26.8. The van der Waals surface area contributed by atoms with Gasteiger partial charge in [-0.05, 0) is 31.1 Å². The Morgan fingerprint density at radius 3 is 0.945 bits per heavy atom. The normalized spacial score (nSPS) is 13.0. The lowest BCUT2D eigenvalue weighted by Gasteiger charge is -2.18. The molecule has 6 nitrogen and oxygen atoms in total. The second-order valence-electron chi connectivity index (χ2n) is 17.2. The molecule has 6 heteroatoms. The van der Waals surface area contributed by atoms with E-state index in [1.54, 1.807) is 0 Å². The van der Waals surface area contributed by atoms with E-state index in [4.69, 9.17) is 14.2 Å². The minimum Gasteiger partial charge on any atom is -0.462 e. The Morgan fingerprint density at radius 2 is 0.636 bits per heavy atom. The summed E-state index contributed by atoms with van der Waals surface area (Å²) in [6, 6.07) is 0. The Kier molecular flexibility index (Phi) is 40.8. The molecule has 0 radical (unpaired) electrons. The lowest BCUT2D eigenvalue weighted by molar-refractivity contribution is -0.167. The van der Waals surface area contributed by atoms with E-state index in [1.807, 2.05) is 0 Å². The van der Waals surface area contributed by atoms with E-state index in [2.05, 4.69) is 34.6 Å². The number of ether oxygens (including phenoxy) is 3. The van der Waals surface area contributed by atoms with Gasteiger partial charge in [-0.2, -0.15) is 0 Å². The standard InChI is InChI=1S/C49H94O6/c1-6-9-10-11-12-19-23-29-34-39-47(50)53-42-46(55-49(52)41-36-31-26-25-28-33-38-45(5)8-3)43-54-48(51)40-35-30-24-21-18-16-14-13-15-17-20-22-27-32-37-44(4)7-2/h44-46H,6-43H2,1-5H3/t44?,45?,46-/m0/s1. The van der Waals surface area contributed by atoms with Crippen LogP contribution in [0, 0.1) is 11.8 Å². The zero-order valence-corrected chi connectivity index (χ0v) is 37.6. The highest BCUT2D eigenvalue weighted by atomic mass is 16.6. The number of hydrogen-bond donors (Lipinski definition) is 0. The average Bonchev–Trinajstić information content (AvgIpc) is 3.18. The van der Waals surface area contributed by atoms with Crippen molar-refractivity contribution in [3.05, 3.63) is 0 Å². The van der Waals surface area contributed by atoms with Gasteiger partial charge < -0.3 is 14.2 Å². The highest BCUT2D eigenvalue weighted by Gasteiger charge is 2.19. The van der Waals surface area contributed by atoms with Crippen molar-refractivity contribution < 1.29 is 28.6 Å². The molecule has 3 atom stereocenters. The van der Waals surface area contributed by atoms with Crippen molar-refractivity contribution in [3.8, 4) is 0 Å². The summed E-state index contributed by atoms with van der Waals surface area (Å²) in [5, 5.41) is 0. The van der Waals surface area contributed by atoms with E-state index in [0.29, 0.717) is 19.3 Å². The van der Waals surface area contributed by atoms with Crippen molar-refractivity contribution in [1.29, 1.82) is 0 Å². The number of esters is 3. The van der Waals surface area contributed by atoms with E-state index < -0.39 is 6.10 Å². The van der Waals surface area contributed by atoms with Crippen LogP contribution in [0.1, 0.15) is 266 Å². The van der Waals surface area contributed by atoms with Gasteiger partial charge in [-0.1, -0.05) is 227 Å². The smallest absolute Gasteiger partial charge is 0.306 e. The molecule has 0 heterocycles. The molecule has 0 aromatic carbocycles.